The number of rotatable bonds is 1. The summed E-state index contributed by atoms with van der Waals surface area (Å²) in [4.78, 5) is 0. The average molecular weight is 296 g/mol. The van der Waals surface area contributed by atoms with Crippen molar-refractivity contribution in [2.75, 3.05) is 0 Å². The Labute approximate surface area is 134 Å². The van der Waals surface area contributed by atoms with Gasteiger partial charge in [0.1, 0.15) is 5.75 Å². The zero-order valence-corrected chi connectivity index (χ0v) is 12.9. The fraction of sp³-hybridized carbons (Fsp3) is 0.0909. The highest BCUT2D eigenvalue weighted by atomic mass is 16.3. The molecular weight excluding hydrogens is 280 g/mol. The maximum absolute atomic E-state index is 10.6. The van der Waals surface area contributed by atoms with Crippen LogP contribution in [0, 0.1) is 0 Å². The topological polar surface area (TPSA) is 20.2 Å². The number of aryl methyl sites for hydroxylation is 1. The highest BCUT2D eigenvalue weighted by Crippen LogP contribution is 2.41. The van der Waals surface area contributed by atoms with Gasteiger partial charge in [0.05, 0.1) is 0 Å². The molecule has 0 aliphatic heterocycles. The van der Waals surface area contributed by atoms with Crippen molar-refractivity contribution >= 4 is 43.1 Å². The van der Waals surface area contributed by atoms with Crippen LogP contribution in [0.15, 0.2) is 60.7 Å². The molecule has 5 aromatic rings. The van der Waals surface area contributed by atoms with E-state index in [4.69, 9.17) is 0 Å². The molecule has 0 heterocycles. The first-order valence-electron chi connectivity index (χ1n) is 8.09. The summed E-state index contributed by atoms with van der Waals surface area (Å²) in [7, 11) is 0. The van der Waals surface area contributed by atoms with E-state index in [1.165, 1.54) is 32.3 Å². The van der Waals surface area contributed by atoms with Gasteiger partial charge in [-0.05, 0) is 55.8 Å². The van der Waals surface area contributed by atoms with Crippen LogP contribution < -0.4 is 0 Å². The molecule has 1 N–H and O–H groups in total. The van der Waals surface area contributed by atoms with E-state index in [-0.39, 0.29) is 0 Å². The van der Waals surface area contributed by atoms with Gasteiger partial charge in [0.15, 0.2) is 0 Å². The van der Waals surface area contributed by atoms with Crippen molar-refractivity contribution in [1.82, 2.24) is 0 Å². The van der Waals surface area contributed by atoms with Crippen molar-refractivity contribution in [3.8, 4) is 5.75 Å². The fourth-order valence-electron chi connectivity index (χ4n) is 3.93. The number of aromatic hydroxyl groups is 1. The molecular formula is C22H16O. The summed E-state index contributed by atoms with van der Waals surface area (Å²) in [5, 5.41) is 20.3. The van der Waals surface area contributed by atoms with Crippen LogP contribution in [-0.2, 0) is 6.42 Å². The van der Waals surface area contributed by atoms with Crippen LogP contribution in [0.2, 0.25) is 0 Å². The molecule has 5 rings (SSSR count). The second-order valence-electron chi connectivity index (χ2n) is 6.25. The molecule has 23 heavy (non-hydrogen) atoms. The quantitative estimate of drug-likeness (QED) is 0.297. The third-order valence-electron chi connectivity index (χ3n) is 5.08. The highest BCUT2D eigenvalue weighted by molar-refractivity contribution is 6.29. The first-order chi connectivity index (χ1) is 11.3. The zero-order chi connectivity index (χ0) is 15.6. The summed E-state index contributed by atoms with van der Waals surface area (Å²) in [6, 6.07) is 21.5. The zero-order valence-electron chi connectivity index (χ0n) is 12.9. The van der Waals surface area contributed by atoms with E-state index in [1.807, 2.05) is 0 Å². The number of phenolic OH excluding ortho intramolecular Hbond substituents is 1. The van der Waals surface area contributed by atoms with Crippen LogP contribution in [0.25, 0.3) is 43.1 Å². The van der Waals surface area contributed by atoms with Crippen LogP contribution in [0.4, 0.5) is 0 Å². The van der Waals surface area contributed by atoms with Gasteiger partial charge in [-0.3, -0.25) is 0 Å². The average Bonchev–Trinajstić information content (AvgIpc) is 2.60. The minimum Gasteiger partial charge on any atom is -0.507 e. The number of benzene rings is 5. The minimum atomic E-state index is 0.426. The van der Waals surface area contributed by atoms with Gasteiger partial charge >= 0.3 is 0 Å². The van der Waals surface area contributed by atoms with E-state index in [0.29, 0.717) is 5.75 Å². The van der Waals surface area contributed by atoms with Crippen molar-refractivity contribution in [3.63, 3.8) is 0 Å². The molecule has 1 heteroatoms. The number of hydrogen-bond acceptors (Lipinski definition) is 1. The number of hydrogen-bond donors (Lipinski definition) is 1. The van der Waals surface area contributed by atoms with E-state index in [2.05, 4.69) is 67.6 Å². The van der Waals surface area contributed by atoms with Gasteiger partial charge in [-0.25, -0.2) is 0 Å². The molecule has 0 atom stereocenters. The Bertz CT molecular complexity index is 1190. The Kier molecular flexibility index (Phi) is 2.41. The second-order valence-corrected chi connectivity index (χ2v) is 6.25. The maximum Gasteiger partial charge on any atom is 0.126 e. The molecule has 0 saturated carbocycles. The van der Waals surface area contributed by atoms with E-state index in [1.54, 1.807) is 0 Å². The van der Waals surface area contributed by atoms with Crippen molar-refractivity contribution < 1.29 is 5.11 Å². The molecule has 0 radical (unpaired) electrons. The molecule has 0 spiro atoms. The van der Waals surface area contributed by atoms with Crippen LogP contribution in [0.3, 0.4) is 0 Å². The molecule has 0 aliphatic rings. The van der Waals surface area contributed by atoms with E-state index >= 15 is 0 Å². The third-order valence-corrected chi connectivity index (χ3v) is 5.08. The SMILES string of the molecule is CCc1ccc2c(cc3ccc4cccc5ccc2c3c45)c1O. The molecule has 0 bridgehead atoms. The lowest BCUT2D eigenvalue weighted by atomic mass is 9.90. The van der Waals surface area contributed by atoms with Crippen molar-refractivity contribution in [2.24, 2.45) is 0 Å². The molecule has 110 valence electrons. The summed E-state index contributed by atoms with van der Waals surface area (Å²) >= 11 is 0. The summed E-state index contributed by atoms with van der Waals surface area (Å²) in [5.41, 5.74) is 1.00. The Hall–Kier alpha value is -2.80. The highest BCUT2D eigenvalue weighted by Gasteiger charge is 2.13. The Balaban J connectivity index is 2.11. The Morgan fingerprint density at radius 3 is 2.17 bits per heavy atom. The Morgan fingerprint density at radius 2 is 1.39 bits per heavy atom. The monoisotopic (exact) mass is 296 g/mol. The molecule has 0 aliphatic carbocycles. The van der Waals surface area contributed by atoms with E-state index < -0.39 is 0 Å². The molecule has 0 unspecified atom stereocenters. The summed E-state index contributed by atoms with van der Waals surface area (Å²) in [6.07, 6.45) is 0.840. The van der Waals surface area contributed by atoms with Crippen LogP contribution >= 0.6 is 0 Å². The van der Waals surface area contributed by atoms with Gasteiger partial charge in [0, 0.05) is 5.39 Å². The third kappa shape index (κ3) is 1.57. The van der Waals surface area contributed by atoms with Gasteiger partial charge in [-0.15, -0.1) is 0 Å². The van der Waals surface area contributed by atoms with Crippen molar-refractivity contribution in [3.05, 3.63) is 66.2 Å². The van der Waals surface area contributed by atoms with Crippen molar-refractivity contribution in [2.45, 2.75) is 13.3 Å². The van der Waals surface area contributed by atoms with E-state index in [0.717, 1.165) is 22.8 Å². The molecule has 0 fully saturated rings. The summed E-state index contributed by atoms with van der Waals surface area (Å²) < 4.78 is 0. The predicted molar refractivity (Wildman–Crippen MR) is 98.7 cm³/mol. The van der Waals surface area contributed by atoms with Gasteiger partial charge in [0.2, 0.25) is 0 Å². The summed E-state index contributed by atoms with van der Waals surface area (Å²) in [5.74, 6) is 0.426. The number of fused-ring (bicyclic) bond motifs is 2. The van der Waals surface area contributed by atoms with Crippen LogP contribution in [0.1, 0.15) is 12.5 Å². The van der Waals surface area contributed by atoms with Gasteiger partial charge in [-0.1, -0.05) is 61.5 Å². The molecule has 0 aromatic heterocycles. The Morgan fingerprint density at radius 1 is 0.696 bits per heavy atom. The lowest BCUT2D eigenvalue weighted by Crippen LogP contribution is -1.88. The van der Waals surface area contributed by atoms with Gasteiger partial charge < -0.3 is 5.11 Å². The molecule has 1 nitrogen and oxygen atoms in total. The largest absolute Gasteiger partial charge is 0.507 e. The minimum absolute atomic E-state index is 0.426. The summed E-state index contributed by atoms with van der Waals surface area (Å²) in [6.45, 7) is 2.08. The number of phenols is 1. The molecule has 0 amide bonds. The van der Waals surface area contributed by atoms with Crippen LogP contribution in [0.5, 0.6) is 5.75 Å². The standard InChI is InChI=1S/C22H16O/c1-2-13-8-10-17-18-11-9-15-5-3-4-14-6-7-16(21(18)20(14)15)12-19(17)22(13)23/h3-12,23H,2H2,1H3. The fourth-order valence-corrected chi connectivity index (χ4v) is 3.93. The normalized spacial score (nSPS) is 12.0. The van der Waals surface area contributed by atoms with E-state index in [9.17, 15) is 5.11 Å². The first-order valence-corrected chi connectivity index (χ1v) is 8.09. The smallest absolute Gasteiger partial charge is 0.126 e. The molecule has 0 saturated heterocycles. The second kappa shape index (κ2) is 4.36. The van der Waals surface area contributed by atoms with Crippen LogP contribution in [-0.4, -0.2) is 5.11 Å². The lowest BCUT2D eigenvalue weighted by molar-refractivity contribution is 0.475. The van der Waals surface area contributed by atoms with Gasteiger partial charge in [0.25, 0.3) is 0 Å². The first kappa shape index (κ1) is 12.7. The maximum atomic E-state index is 10.6. The van der Waals surface area contributed by atoms with Gasteiger partial charge in [-0.2, -0.15) is 0 Å². The van der Waals surface area contributed by atoms with Crippen molar-refractivity contribution in [1.29, 1.82) is 0 Å². The lowest BCUT2D eigenvalue weighted by Gasteiger charge is -2.14. The predicted octanol–water partition coefficient (Wildman–Crippen LogP) is 6.01. The molecule has 5 aromatic carbocycles.